The molecule has 1 saturated heterocycles. The normalized spacial score (nSPS) is 24.3. The fourth-order valence-corrected chi connectivity index (χ4v) is 4.48. The Labute approximate surface area is 156 Å². The molecule has 2 aliphatic heterocycles. The van der Waals surface area contributed by atoms with Gasteiger partial charge < -0.3 is 4.90 Å². The predicted octanol–water partition coefficient (Wildman–Crippen LogP) is 3.77. The van der Waals surface area contributed by atoms with Crippen molar-refractivity contribution >= 4 is 17.4 Å². The summed E-state index contributed by atoms with van der Waals surface area (Å²) in [6, 6.07) is 5.95. The van der Waals surface area contributed by atoms with Crippen molar-refractivity contribution in [2.45, 2.75) is 54.0 Å². The molecule has 140 valence electrons. The number of likely N-dealkylation sites (tertiary alicyclic amines) is 1. The zero-order chi connectivity index (χ0) is 19.2. The van der Waals surface area contributed by atoms with Gasteiger partial charge in [-0.15, -0.1) is 0 Å². The number of benzene rings is 1. The SMILES string of the molecule is Cc1ccc(C2=C(N3CC(C)CC(C)C3)C(=O)N(C(C)C)C2=O)c(C)c1. The Morgan fingerprint density at radius 1 is 1.00 bits per heavy atom. The molecule has 4 nitrogen and oxygen atoms in total. The van der Waals surface area contributed by atoms with E-state index >= 15 is 0 Å². The van der Waals surface area contributed by atoms with Crippen molar-refractivity contribution in [1.82, 2.24) is 9.80 Å². The van der Waals surface area contributed by atoms with E-state index < -0.39 is 0 Å². The molecule has 2 amide bonds. The molecule has 2 atom stereocenters. The molecule has 26 heavy (non-hydrogen) atoms. The summed E-state index contributed by atoms with van der Waals surface area (Å²) in [7, 11) is 0. The van der Waals surface area contributed by atoms with Crippen LogP contribution in [-0.2, 0) is 9.59 Å². The van der Waals surface area contributed by atoms with E-state index in [2.05, 4.69) is 24.8 Å². The maximum atomic E-state index is 13.2. The summed E-state index contributed by atoms with van der Waals surface area (Å²) < 4.78 is 0. The maximum absolute atomic E-state index is 13.2. The van der Waals surface area contributed by atoms with Gasteiger partial charge >= 0.3 is 0 Å². The van der Waals surface area contributed by atoms with Crippen molar-refractivity contribution in [3.05, 3.63) is 40.6 Å². The van der Waals surface area contributed by atoms with Crippen LogP contribution in [-0.4, -0.2) is 40.7 Å². The van der Waals surface area contributed by atoms with Gasteiger partial charge in [-0.2, -0.15) is 0 Å². The number of aryl methyl sites for hydroxylation is 2. The van der Waals surface area contributed by atoms with Gasteiger partial charge in [0.05, 0.1) is 5.57 Å². The molecule has 4 heteroatoms. The van der Waals surface area contributed by atoms with Crippen molar-refractivity contribution in [1.29, 1.82) is 0 Å². The highest BCUT2D eigenvalue weighted by Crippen LogP contribution is 2.37. The van der Waals surface area contributed by atoms with Crippen LogP contribution in [0.5, 0.6) is 0 Å². The fourth-order valence-electron chi connectivity index (χ4n) is 4.48. The van der Waals surface area contributed by atoms with Gasteiger partial charge in [0.1, 0.15) is 5.70 Å². The van der Waals surface area contributed by atoms with Gasteiger partial charge in [0.2, 0.25) is 0 Å². The lowest BCUT2D eigenvalue weighted by Crippen LogP contribution is -2.43. The molecule has 1 fully saturated rings. The first-order valence-corrected chi connectivity index (χ1v) is 9.65. The molecule has 0 aromatic heterocycles. The third kappa shape index (κ3) is 3.17. The average Bonchev–Trinajstić information content (AvgIpc) is 2.77. The maximum Gasteiger partial charge on any atom is 0.278 e. The van der Waals surface area contributed by atoms with E-state index in [-0.39, 0.29) is 17.9 Å². The topological polar surface area (TPSA) is 40.6 Å². The first-order valence-electron chi connectivity index (χ1n) is 9.65. The van der Waals surface area contributed by atoms with E-state index in [4.69, 9.17) is 0 Å². The minimum Gasteiger partial charge on any atom is -0.366 e. The molecular weight excluding hydrogens is 324 g/mol. The number of amides is 2. The summed E-state index contributed by atoms with van der Waals surface area (Å²) >= 11 is 0. The quantitative estimate of drug-likeness (QED) is 0.776. The second-order valence-corrected chi connectivity index (χ2v) is 8.47. The van der Waals surface area contributed by atoms with Gasteiger partial charge in [-0.3, -0.25) is 14.5 Å². The summed E-state index contributed by atoms with van der Waals surface area (Å²) in [6.45, 7) is 14.0. The Morgan fingerprint density at radius 2 is 1.62 bits per heavy atom. The number of imide groups is 1. The molecule has 1 aromatic rings. The molecule has 1 aromatic carbocycles. The lowest BCUT2D eigenvalue weighted by atomic mass is 9.90. The molecule has 0 saturated carbocycles. The van der Waals surface area contributed by atoms with Crippen LogP contribution in [0.1, 0.15) is 50.8 Å². The third-order valence-corrected chi connectivity index (χ3v) is 5.44. The van der Waals surface area contributed by atoms with Crippen molar-refractivity contribution < 1.29 is 9.59 Å². The fraction of sp³-hybridized carbons (Fsp3) is 0.545. The number of hydrogen-bond donors (Lipinski definition) is 0. The van der Waals surface area contributed by atoms with Gasteiger partial charge in [0.15, 0.2) is 0 Å². The molecule has 0 radical (unpaired) electrons. The summed E-state index contributed by atoms with van der Waals surface area (Å²) in [5, 5.41) is 0. The van der Waals surface area contributed by atoms with Crippen LogP contribution in [0.4, 0.5) is 0 Å². The van der Waals surface area contributed by atoms with Crippen LogP contribution in [0, 0.1) is 25.7 Å². The Morgan fingerprint density at radius 3 is 2.15 bits per heavy atom. The van der Waals surface area contributed by atoms with E-state index in [0.29, 0.717) is 23.1 Å². The van der Waals surface area contributed by atoms with Crippen LogP contribution in [0.3, 0.4) is 0 Å². The number of carbonyl (C=O) groups excluding carboxylic acids is 2. The molecule has 3 rings (SSSR count). The second kappa shape index (κ2) is 6.90. The largest absolute Gasteiger partial charge is 0.366 e. The highest BCUT2D eigenvalue weighted by atomic mass is 16.2. The standard InChI is InChI=1S/C22H30N2O2/c1-13(2)24-21(25)19(18-8-7-14(3)10-17(18)6)20(22(24)26)23-11-15(4)9-16(5)12-23/h7-8,10,13,15-16H,9,11-12H2,1-6H3. The van der Waals surface area contributed by atoms with Crippen LogP contribution in [0.15, 0.2) is 23.9 Å². The smallest absolute Gasteiger partial charge is 0.278 e. The molecule has 0 N–H and O–H groups in total. The Kier molecular flexibility index (Phi) is 4.96. The highest BCUT2D eigenvalue weighted by molar-refractivity contribution is 6.35. The van der Waals surface area contributed by atoms with Crippen molar-refractivity contribution in [2.75, 3.05) is 13.1 Å². The highest BCUT2D eigenvalue weighted by Gasteiger charge is 2.44. The zero-order valence-electron chi connectivity index (χ0n) is 16.8. The summed E-state index contributed by atoms with van der Waals surface area (Å²) in [5.41, 5.74) is 4.28. The first kappa shape index (κ1) is 18.7. The van der Waals surface area contributed by atoms with Crippen molar-refractivity contribution in [3.63, 3.8) is 0 Å². The number of nitrogens with zero attached hydrogens (tertiary/aromatic N) is 2. The predicted molar refractivity (Wildman–Crippen MR) is 104 cm³/mol. The monoisotopic (exact) mass is 354 g/mol. The van der Waals surface area contributed by atoms with Gasteiger partial charge in [0, 0.05) is 19.1 Å². The average molecular weight is 354 g/mol. The number of piperidine rings is 1. The lowest BCUT2D eigenvalue weighted by Gasteiger charge is -2.37. The van der Waals surface area contributed by atoms with Crippen LogP contribution in [0.25, 0.3) is 5.57 Å². The van der Waals surface area contributed by atoms with Gasteiger partial charge in [0.25, 0.3) is 11.8 Å². The lowest BCUT2D eigenvalue weighted by molar-refractivity contribution is -0.139. The van der Waals surface area contributed by atoms with Gasteiger partial charge in [-0.05, 0) is 57.1 Å². The number of rotatable bonds is 3. The van der Waals surface area contributed by atoms with Crippen LogP contribution < -0.4 is 0 Å². The summed E-state index contributed by atoms with van der Waals surface area (Å²) in [6.07, 6.45) is 1.17. The molecular formula is C22H30N2O2. The third-order valence-electron chi connectivity index (χ3n) is 5.44. The summed E-state index contributed by atoms with van der Waals surface area (Å²) in [4.78, 5) is 30.1. The van der Waals surface area contributed by atoms with E-state index in [1.165, 1.54) is 11.3 Å². The van der Waals surface area contributed by atoms with E-state index in [0.717, 1.165) is 29.8 Å². The van der Waals surface area contributed by atoms with E-state index in [1.54, 1.807) is 0 Å². The van der Waals surface area contributed by atoms with Crippen molar-refractivity contribution in [2.24, 2.45) is 11.8 Å². The van der Waals surface area contributed by atoms with Gasteiger partial charge in [-0.25, -0.2) is 0 Å². The minimum atomic E-state index is -0.155. The van der Waals surface area contributed by atoms with Crippen molar-refractivity contribution in [3.8, 4) is 0 Å². The van der Waals surface area contributed by atoms with E-state index in [1.807, 2.05) is 39.8 Å². The zero-order valence-corrected chi connectivity index (χ0v) is 16.8. The number of hydrogen-bond acceptors (Lipinski definition) is 3. The minimum absolute atomic E-state index is 0.138. The van der Waals surface area contributed by atoms with Crippen LogP contribution >= 0.6 is 0 Å². The Balaban J connectivity index is 2.16. The summed E-state index contributed by atoms with van der Waals surface area (Å²) in [5.74, 6) is 0.740. The van der Waals surface area contributed by atoms with E-state index in [9.17, 15) is 9.59 Å². The number of carbonyl (C=O) groups is 2. The molecule has 0 bridgehead atoms. The Hall–Kier alpha value is -2.10. The molecule has 0 aliphatic carbocycles. The Bertz CT molecular complexity index is 768. The van der Waals surface area contributed by atoms with Crippen LogP contribution in [0.2, 0.25) is 0 Å². The second-order valence-electron chi connectivity index (χ2n) is 8.47. The molecule has 2 unspecified atom stereocenters. The first-order chi connectivity index (χ1) is 12.2. The van der Waals surface area contributed by atoms with Gasteiger partial charge in [-0.1, -0.05) is 37.6 Å². The molecule has 0 spiro atoms. The molecule has 2 aliphatic rings. The molecule has 2 heterocycles.